The number of halogens is 2. The number of anilines is 2. The van der Waals surface area contributed by atoms with Gasteiger partial charge in [0.1, 0.15) is 5.57 Å². The van der Waals surface area contributed by atoms with Gasteiger partial charge in [-0.05, 0) is 48.0 Å². The van der Waals surface area contributed by atoms with Gasteiger partial charge in [0.25, 0.3) is 17.5 Å². The van der Waals surface area contributed by atoms with E-state index in [4.69, 9.17) is 23.2 Å². The number of amides is 2. The first-order chi connectivity index (χ1) is 14.8. The molecule has 0 saturated carbocycles. The molecule has 3 aromatic rings. The summed E-state index contributed by atoms with van der Waals surface area (Å²) in [4.78, 5) is 36.2. The molecule has 31 heavy (non-hydrogen) atoms. The minimum absolute atomic E-state index is 0.111. The van der Waals surface area contributed by atoms with Crippen LogP contribution in [0.15, 0.2) is 78.4 Å². The summed E-state index contributed by atoms with van der Waals surface area (Å²) < 4.78 is 0. The van der Waals surface area contributed by atoms with E-state index in [0.29, 0.717) is 27.0 Å². The number of carbonyl (C=O) groups excluding carboxylic acids is 2. The monoisotopic (exact) mass is 455 g/mol. The molecular weight excluding hydrogens is 441 g/mol. The fourth-order valence-electron chi connectivity index (χ4n) is 2.60. The van der Waals surface area contributed by atoms with Gasteiger partial charge >= 0.3 is 0 Å². The van der Waals surface area contributed by atoms with Crippen LogP contribution in [0.1, 0.15) is 5.56 Å². The van der Waals surface area contributed by atoms with E-state index >= 15 is 0 Å². The standard InChI is InChI=1S/C22H15Cl2N3O4/c23-17-5-1-3-7-19(17)25-21(28)16(13-14-9-11-15(12-10-14)27(30)31)22(29)26-20-8-4-2-6-18(20)24/h1-13H,(H,25,28)(H,26,29). The highest BCUT2D eigenvalue weighted by molar-refractivity contribution is 6.36. The molecule has 0 saturated heterocycles. The van der Waals surface area contributed by atoms with E-state index in [1.165, 1.54) is 30.3 Å². The molecule has 3 rings (SSSR count). The summed E-state index contributed by atoms with van der Waals surface area (Å²) in [5.74, 6) is -1.42. The number of rotatable bonds is 6. The Morgan fingerprint density at radius 2 is 1.23 bits per heavy atom. The molecule has 0 atom stereocenters. The summed E-state index contributed by atoms with van der Waals surface area (Å²) in [7, 11) is 0. The molecule has 2 amide bonds. The molecule has 3 aromatic carbocycles. The maximum absolute atomic E-state index is 12.9. The van der Waals surface area contributed by atoms with E-state index in [-0.39, 0.29) is 11.3 Å². The Labute approximate surface area is 187 Å². The number of hydrogen-bond donors (Lipinski definition) is 2. The summed E-state index contributed by atoms with van der Waals surface area (Å²) >= 11 is 12.2. The van der Waals surface area contributed by atoms with Crippen molar-refractivity contribution in [1.82, 2.24) is 0 Å². The summed E-state index contributed by atoms with van der Waals surface area (Å²) in [5, 5.41) is 16.7. The molecule has 0 aromatic heterocycles. The Morgan fingerprint density at radius 1 is 0.774 bits per heavy atom. The van der Waals surface area contributed by atoms with Crippen LogP contribution in [0.4, 0.5) is 17.1 Å². The highest BCUT2D eigenvalue weighted by Crippen LogP contribution is 2.24. The molecule has 0 unspecified atom stereocenters. The molecule has 0 aliphatic heterocycles. The van der Waals surface area contributed by atoms with E-state index in [1.54, 1.807) is 48.5 Å². The molecule has 0 aliphatic carbocycles. The predicted molar refractivity (Wildman–Crippen MR) is 121 cm³/mol. The van der Waals surface area contributed by atoms with Crippen molar-refractivity contribution in [1.29, 1.82) is 0 Å². The number of nitro groups is 1. The smallest absolute Gasteiger partial charge is 0.269 e. The second kappa shape index (κ2) is 9.88. The van der Waals surface area contributed by atoms with Crippen molar-refractivity contribution in [3.63, 3.8) is 0 Å². The molecule has 0 aliphatic rings. The first-order valence-corrected chi connectivity index (χ1v) is 9.68. The van der Waals surface area contributed by atoms with Gasteiger partial charge in [0.15, 0.2) is 0 Å². The van der Waals surface area contributed by atoms with Crippen LogP contribution < -0.4 is 10.6 Å². The van der Waals surface area contributed by atoms with E-state index < -0.39 is 16.7 Å². The molecule has 2 N–H and O–H groups in total. The van der Waals surface area contributed by atoms with Crippen LogP contribution >= 0.6 is 23.2 Å². The van der Waals surface area contributed by atoms with Crippen LogP contribution in [0.3, 0.4) is 0 Å². The van der Waals surface area contributed by atoms with Crippen LogP contribution in [0, 0.1) is 10.1 Å². The molecule has 0 fully saturated rings. The Hall–Kier alpha value is -3.68. The fraction of sp³-hybridized carbons (Fsp3) is 0. The van der Waals surface area contributed by atoms with E-state index in [0.717, 1.165) is 0 Å². The third-order valence-corrected chi connectivity index (χ3v) is 4.81. The zero-order valence-corrected chi connectivity index (χ0v) is 17.4. The maximum atomic E-state index is 12.9. The van der Waals surface area contributed by atoms with Crippen LogP contribution in [-0.4, -0.2) is 16.7 Å². The Bertz CT molecular complexity index is 1120. The number of nitro benzene ring substituents is 1. The Morgan fingerprint density at radius 3 is 1.65 bits per heavy atom. The molecule has 0 bridgehead atoms. The van der Waals surface area contributed by atoms with Crippen molar-refractivity contribution in [3.8, 4) is 0 Å². The number of carbonyl (C=O) groups is 2. The van der Waals surface area contributed by atoms with Gasteiger partial charge in [0.2, 0.25) is 0 Å². The van der Waals surface area contributed by atoms with Gasteiger partial charge in [0.05, 0.1) is 26.3 Å². The summed E-state index contributed by atoms with van der Waals surface area (Å²) in [6.07, 6.45) is 1.32. The average Bonchev–Trinajstić information content (AvgIpc) is 2.75. The van der Waals surface area contributed by atoms with Crippen molar-refractivity contribution in [3.05, 3.63) is 104 Å². The van der Waals surface area contributed by atoms with Crippen molar-refractivity contribution < 1.29 is 14.5 Å². The van der Waals surface area contributed by atoms with Crippen molar-refractivity contribution in [2.75, 3.05) is 10.6 Å². The zero-order valence-electron chi connectivity index (χ0n) is 15.8. The summed E-state index contributed by atoms with van der Waals surface area (Å²) in [6.45, 7) is 0. The lowest BCUT2D eigenvalue weighted by atomic mass is 10.1. The van der Waals surface area contributed by atoms with Crippen molar-refractivity contribution >= 4 is 58.2 Å². The first kappa shape index (κ1) is 22.0. The van der Waals surface area contributed by atoms with Crippen molar-refractivity contribution in [2.24, 2.45) is 0 Å². The van der Waals surface area contributed by atoms with Gasteiger partial charge in [-0.2, -0.15) is 0 Å². The average molecular weight is 456 g/mol. The van der Waals surface area contributed by atoms with Crippen LogP contribution in [0.2, 0.25) is 10.0 Å². The molecule has 7 nitrogen and oxygen atoms in total. The molecule has 0 spiro atoms. The normalized spacial score (nSPS) is 10.1. The number of hydrogen-bond acceptors (Lipinski definition) is 4. The number of nitrogens with zero attached hydrogens (tertiary/aromatic N) is 1. The maximum Gasteiger partial charge on any atom is 0.269 e. The lowest BCUT2D eigenvalue weighted by molar-refractivity contribution is -0.384. The Balaban J connectivity index is 1.95. The molecule has 9 heteroatoms. The second-order valence-corrected chi connectivity index (χ2v) is 7.09. The molecule has 0 radical (unpaired) electrons. The number of para-hydroxylation sites is 2. The van der Waals surface area contributed by atoms with Crippen LogP contribution in [0.5, 0.6) is 0 Å². The largest absolute Gasteiger partial charge is 0.320 e. The summed E-state index contributed by atoms with van der Waals surface area (Å²) in [5.41, 5.74) is 0.723. The minimum Gasteiger partial charge on any atom is -0.320 e. The first-order valence-electron chi connectivity index (χ1n) is 8.93. The molecular formula is C22H15Cl2N3O4. The lowest BCUT2D eigenvalue weighted by Gasteiger charge is -2.12. The van der Waals surface area contributed by atoms with Gasteiger partial charge in [-0.1, -0.05) is 47.5 Å². The third-order valence-electron chi connectivity index (χ3n) is 4.15. The van der Waals surface area contributed by atoms with E-state index in [2.05, 4.69) is 10.6 Å². The van der Waals surface area contributed by atoms with Gasteiger partial charge in [0, 0.05) is 12.1 Å². The Kier molecular flexibility index (Phi) is 7.02. The highest BCUT2D eigenvalue weighted by atomic mass is 35.5. The lowest BCUT2D eigenvalue weighted by Crippen LogP contribution is -2.25. The third kappa shape index (κ3) is 5.69. The fourth-order valence-corrected chi connectivity index (χ4v) is 2.96. The summed E-state index contributed by atoms with van der Waals surface area (Å²) in [6, 6.07) is 18.6. The van der Waals surface area contributed by atoms with Crippen molar-refractivity contribution in [2.45, 2.75) is 0 Å². The zero-order chi connectivity index (χ0) is 22.4. The number of nitrogens with one attached hydrogen (secondary N) is 2. The van der Waals surface area contributed by atoms with Gasteiger partial charge < -0.3 is 10.6 Å². The predicted octanol–water partition coefficient (Wildman–Crippen LogP) is 5.56. The molecule has 0 heterocycles. The van der Waals surface area contributed by atoms with Gasteiger partial charge in [-0.15, -0.1) is 0 Å². The minimum atomic E-state index is -0.712. The topological polar surface area (TPSA) is 101 Å². The van der Waals surface area contributed by atoms with Crippen LogP contribution in [-0.2, 0) is 9.59 Å². The number of benzene rings is 3. The highest BCUT2D eigenvalue weighted by Gasteiger charge is 2.20. The quantitative estimate of drug-likeness (QED) is 0.167. The number of non-ortho nitro benzene ring substituents is 1. The molecule has 156 valence electrons. The second-order valence-electron chi connectivity index (χ2n) is 6.27. The van der Waals surface area contributed by atoms with Gasteiger partial charge in [-0.25, -0.2) is 0 Å². The van der Waals surface area contributed by atoms with Gasteiger partial charge in [-0.3, -0.25) is 19.7 Å². The van der Waals surface area contributed by atoms with Crippen LogP contribution in [0.25, 0.3) is 6.08 Å². The van der Waals surface area contributed by atoms with E-state index in [9.17, 15) is 19.7 Å². The SMILES string of the molecule is O=C(Nc1ccccc1Cl)C(=Cc1ccc([N+](=O)[O-])cc1)C(=O)Nc1ccccc1Cl. The van der Waals surface area contributed by atoms with E-state index in [1.807, 2.05) is 0 Å².